The van der Waals surface area contributed by atoms with E-state index >= 15 is 0 Å². The van der Waals surface area contributed by atoms with Gasteiger partial charge in [-0.3, -0.25) is 62.6 Å². The highest BCUT2D eigenvalue weighted by Crippen LogP contribution is 2.15. The van der Waals surface area contributed by atoms with E-state index in [1.807, 2.05) is 51.3 Å². The van der Waals surface area contributed by atoms with E-state index in [0.29, 0.717) is 223 Å². The Balaban J connectivity index is 6.24. The van der Waals surface area contributed by atoms with Gasteiger partial charge in [-0.05, 0) is 6.54 Å². The van der Waals surface area contributed by atoms with Crippen LogP contribution in [0.25, 0.3) is 0 Å². The van der Waals surface area contributed by atoms with Gasteiger partial charge in [-0.15, -0.1) is 0 Å². The van der Waals surface area contributed by atoms with Crippen molar-refractivity contribution in [3.8, 4) is 0 Å². The lowest BCUT2D eigenvalue weighted by Crippen LogP contribution is -2.51. The second-order valence-electron chi connectivity index (χ2n) is 31.5. The molecule has 690 valence electrons. The van der Waals surface area contributed by atoms with E-state index in [9.17, 15) is 47.9 Å². The highest BCUT2D eigenvalue weighted by Gasteiger charge is 2.33. The Kier molecular flexibility index (Phi) is 66.1. The van der Waals surface area contributed by atoms with Gasteiger partial charge in [-0.25, -0.2) is 0 Å². The lowest BCUT2D eigenvalue weighted by molar-refractivity contribution is -0.150. The molecule has 0 aromatic rings. The van der Waals surface area contributed by atoms with E-state index in [-0.39, 0.29) is 150 Å². The Labute approximate surface area is 707 Å². The maximum atomic E-state index is 14.6. The number of amides is 9. The van der Waals surface area contributed by atoms with Gasteiger partial charge in [-0.2, -0.15) is 0 Å². The Morgan fingerprint density at radius 1 is 0.254 bits per heavy atom. The molecule has 9 amide bonds. The van der Waals surface area contributed by atoms with Crippen LogP contribution in [0.5, 0.6) is 0 Å². The number of nitrogens with two attached hydrogens (primary N) is 9. The SMILES string of the molecule is CCNCC(C)C(=O)N(CCN(CCN)CC(C)C(=O)NCCNCCN(CC(C)C(=O)N(CCNCCNC(=O)C(C)CN(CCN)CCN)CC(C)C(=O)OC)C(=O)C(C)CNCCNCCN)C(=O)C(C)CNCCN(CCNC(=O)C(C)CN(CCN)CCNC(=O)C(C)CN(CCN)CCN)C(=O)C(C)CN(CCN)CCN. The van der Waals surface area contributed by atoms with Gasteiger partial charge >= 0.3 is 5.97 Å². The monoisotopic (exact) mass is 1690 g/mol. The largest absolute Gasteiger partial charge is 0.469 e. The van der Waals surface area contributed by atoms with Crippen LogP contribution in [0.2, 0.25) is 0 Å². The zero-order valence-electron chi connectivity index (χ0n) is 74.7. The maximum Gasteiger partial charge on any atom is 0.310 e. The van der Waals surface area contributed by atoms with E-state index in [1.54, 1.807) is 49.3 Å². The molecule has 28 N–H and O–H groups in total. The van der Waals surface area contributed by atoms with Crippen molar-refractivity contribution in [2.24, 2.45) is 111 Å². The number of methoxy groups -OCH3 is 1. The zero-order valence-corrected chi connectivity index (χ0v) is 74.7. The number of esters is 1. The zero-order chi connectivity index (χ0) is 88.8. The highest BCUT2D eigenvalue weighted by atomic mass is 16.5. The van der Waals surface area contributed by atoms with Crippen LogP contribution in [0.4, 0.5) is 0 Å². The first-order valence-corrected chi connectivity index (χ1v) is 43.5. The molecule has 0 bridgehead atoms. The summed E-state index contributed by atoms with van der Waals surface area (Å²) >= 11 is 0. The molecule has 0 saturated carbocycles. The van der Waals surface area contributed by atoms with Gasteiger partial charge in [0.15, 0.2) is 0 Å². The number of hydrogen-bond donors (Lipinski definition) is 19. The Morgan fingerprint density at radius 2 is 0.534 bits per heavy atom. The average Bonchev–Trinajstić information content (AvgIpc) is 0.871. The molecule has 0 spiro atoms. The number of carbonyl (C=O) groups is 10. The Hall–Kier alpha value is -5.90. The topological polar surface area (TPSA) is 564 Å². The first-order valence-electron chi connectivity index (χ1n) is 43.5. The fourth-order valence-electron chi connectivity index (χ4n) is 13.7. The van der Waals surface area contributed by atoms with E-state index in [2.05, 4.69) is 67.9 Å². The number of carbonyl (C=O) groups excluding carboxylic acids is 10. The lowest BCUT2D eigenvalue weighted by Gasteiger charge is -2.32. The molecule has 0 aliphatic heterocycles. The van der Waals surface area contributed by atoms with Crippen molar-refractivity contribution in [3.63, 3.8) is 0 Å². The normalized spacial score (nSPS) is 14.3. The lowest BCUT2D eigenvalue weighted by atomic mass is 10.1. The van der Waals surface area contributed by atoms with Crippen LogP contribution in [0, 0.1) is 59.2 Å². The number of hydrogen-bond acceptors (Lipinski definition) is 31. The van der Waals surface area contributed by atoms with Crippen molar-refractivity contribution >= 4 is 59.1 Å². The first-order chi connectivity index (χ1) is 56.4. The Morgan fingerprint density at radius 3 is 0.932 bits per heavy atom. The third-order valence-corrected chi connectivity index (χ3v) is 20.5. The molecule has 0 aromatic carbocycles. The van der Waals surface area contributed by atoms with E-state index in [4.69, 9.17) is 56.3 Å². The summed E-state index contributed by atoms with van der Waals surface area (Å²) in [6.07, 6.45) is 0. The summed E-state index contributed by atoms with van der Waals surface area (Å²) in [4.78, 5) is 155. The van der Waals surface area contributed by atoms with Gasteiger partial charge in [0.2, 0.25) is 53.2 Å². The van der Waals surface area contributed by atoms with Crippen LogP contribution in [0.1, 0.15) is 76.2 Å². The van der Waals surface area contributed by atoms with E-state index in [0.717, 1.165) is 0 Å². The van der Waals surface area contributed by atoms with Crippen molar-refractivity contribution in [3.05, 3.63) is 0 Å². The van der Waals surface area contributed by atoms with Gasteiger partial charge in [0, 0.05) is 348 Å². The molecule has 0 fully saturated rings. The minimum atomic E-state index is -0.674. The van der Waals surface area contributed by atoms with Crippen molar-refractivity contribution in [2.75, 3.05) is 315 Å². The van der Waals surface area contributed by atoms with Crippen molar-refractivity contribution < 1.29 is 52.7 Å². The third kappa shape index (κ3) is 49.9. The van der Waals surface area contributed by atoms with Crippen molar-refractivity contribution in [1.29, 1.82) is 0 Å². The van der Waals surface area contributed by atoms with Gasteiger partial charge in [0.05, 0.1) is 18.9 Å². The second kappa shape index (κ2) is 69.6. The Bertz CT molecular complexity index is 2690. The molecule has 39 heteroatoms. The fraction of sp³-hybridized carbons (Fsp3) is 0.873. The average molecular weight is 1690 g/mol. The summed E-state index contributed by atoms with van der Waals surface area (Å²) in [5.41, 5.74) is 52.7. The molecule has 0 aliphatic carbocycles. The summed E-state index contributed by atoms with van der Waals surface area (Å²) < 4.78 is 5.02. The summed E-state index contributed by atoms with van der Waals surface area (Å²) in [6, 6.07) is 0. The number of ether oxygens (including phenoxy) is 1. The van der Waals surface area contributed by atoms with Gasteiger partial charge < -0.3 is 139 Å². The molecule has 10 atom stereocenters. The molecule has 0 radical (unpaired) electrons. The van der Waals surface area contributed by atoms with Gasteiger partial charge in [0.25, 0.3) is 0 Å². The van der Waals surface area contributed by atoms with Crippen LogP contribution in [0.15, 0.2) is 0 Å². The summed E-state index contributed by atoms with van der Waals surface area (Å²) in [5, 5.41) is 31.8. The maximum absolute atomic E-state index is 14.6. The van der Waals surface area contributed by atoms with Gasteiger partial charge in [-0.1, -0.05) is 76.2 Å². The third-order valence-electron chi connectivity index (χ3n) is 20.5. The molecule has 0 aliphatic rings. The standard InChI is InChI=1S/C79H168N28O11/c1-13-89-50-61(3)77(115)107(78(116)62(4)52-94-32-44-104(75(113)67(9)57-101(39-19-85)40-20-86)47-34-98-73(111)65(7)55-102(41-21-87)43-33-97-72(110)64(6)54-100(37-17-83)38-18-84)49-48-103(42-22-88)56-66(8)71(109)96-29-26-91-30-45-105(74(112)60(2)51-93-25-24-90-23-14-80)58-68(10)76(114)106(59-69(11)79(117)118-12)46-31-92-27-28-95-70(108)63(5)53-99(35-15-81)36-16-82/h60-69,89-94H,13-59,80-88H2,1-12H3,(H,95,108)(H,96,109)(H,97,110)(H,98,111). The molecular formula is C79H168N28O11. The summed E-state index contributed by atoms with van der Waals surface area (Å²) in [5.74, 6) is -7.27. The van der Waals surface area contributed by atoms with E-state index in [1.165, 1.54) is 12.0 Å². The minimum absolute atomic E-state index is 0.0374. The quantitative estimate of drug-likeness (QED) is 0.0199. The predicted octanol–water partition coefficient (Wildman–Crippen LogP) is -8.48. The van der Waals surface area contributed by atoms with Crippen LogP contribution in [-0.2, 0) is 52.7 Å². The van der Waals surface area contributed by atoms with Crippen LogP contribution in [-0.4, -0.2) is 418 Å². The van der Waals surface area contributed by atoms with E-state index < -0.39 is 53.3 Å². The predicted molar refractivity (Wildman–Crippen MR) is 469 cm³/mol. The van der Waals surface area contributed by atoms with Crippen LogP contribution in [0.3, 0.4) is 0 Å². The number of rotatable bonds is 76. The highest BCUT2D eigenvalue weighted by molar-refractivity contribution is 5.97. The minimum Gasteiger partial charge on any atom is -0.469 e. The number of nitrogens with one attached hydrogen (secondary N) is 10. The molecule has 10 unspecified atom stereocenters. The summed E-state index contributed by atoms with van der Waals surface area (Å²) in [6.45, 7) is 38.8. The molecule has 0 aromatic heterocycles. The van der Waals surface area contributed by atoms with Crippen LogP contribution < -0.4 is 105 Å². The molecule has 0 saturated heterocycles. The van der Waals surface area contributed by atoms with Crippen molar-refractivity contribution in [2.45, 2.75) is 76.2 Å². The second-order valence-corrected chi connectivity index (χ2v) is 31.5. The number of nitrogens with zero attached hydrogens (tertiary/aromatic N) is 9. The van der Waals surface area contributed by atoms with Crippen LogP contribution >= 0.6 is 0 Å². The molecule has 0 heterocycles. The van der Waals surface area contributed by atoms with Crippen molar-refractivity contribution in [1.82, 2.24) is 97.3 Å². The molecular weight excluding hydrogens is 1520 g/mol. The molecule has 118 heavy (non-hydrogen) atoms. The molecule has 39 nitrogen and oxygen atoms in total. The first kappa shape index (κ1) is 112. The smallest absolute Gasteiger partial charge is 0.310 e. The number of imide groups is 1. The fourth-order valence-corrected chi connectivity index (χ4v) is 13.7. The molecule has 0 rings (SSSR count). The summed E-state index contributed by atoms with van der Waals surface area (Å²) in [7, 11) is 1.30. The van der Waals surface area contributed by atoms with Gasteiger partial charge in [0.1, 0.15) is 0 Å².